The van der Waals surface area contributed by atoms with Gasteiger partial charge in [0.1, 0.15) is 5.69 Å². The smallest absolute Gasteiger partial charge is 0.292 e. The fourth-order valence-corrected chi connectivity index (χ4v) is 2.69. The molecule has 1 aromatic rings. The molecule has 0 bridgehead atoms. The van der Waals surface area contributed by atoms with Gasteiger partial charge in [-0.1, -0.05) is 39.8 Å². The first-order valence-corrected chi connectivity index (χ1v) is 6.20. The fourth-order valence-electron chi connectivity index (χ4n) is 2.69. The highest BCUT2D eigenvalue weighted by atomic mass is 16.6. The highest BCUT2D eigenvalue weighted by molar-refractivity contribution is 5.67. The molecular formula is C14H20N2O2. The van der Waals surface area contributed by atoms with Crippen molar-refractivity contribution in [1.82, 2.24) is 0 Å². The molecule has 1 aliphatic rings. The third kappa shape index (κ3) is 1.67. The number of nitro benzene ring substituents is 1. The molecule has 98 valence electrons. The Bertz CT molecular complexity index is 493. The van der Waals surface area contributed by atoms with Crippen LogP contribution < -0.4 is 5.32 Å². The number of benzene rings is 1. The maximum absolute atomic E-state index is 11.1. The molecule has 0 atom stereocenters. The normalized spacial score (nSPS) is 20.5. The van der Waals surface area contributed by atoms with Gasteiger partial charge in [0.25, 0.3) is 5.69 Å². The fraction of sp³-hybridized carbons (Fsp3) is 0.571. The molecule has 0 heterocycles. The average Bonchev–Trinajstić information content (AvgIpc) is 2.62. The van der Waals surface area contributed by atoms with Crippen molar-refractivity contribution in [2.24, 2.45) is 10.8 Å². The summed E-state index contributed by atoms with van der Waals surface area (Å²) in [6, 6.07) is 5.45. The van der Waals surface area contributed by atoms with Gasteiger partial charge in [-0.3, -0.25) is 10.1 Å². The Morgan fingerprint density at radius 1 is 1.22 bits per heavy atom. The average molecular weight is 248 g/mol. The van der Waals surface area contributed by atoms with Gasteiger partial charge in [0, 0.05) is 12.1 Å². The van der Waals surface area contributed by atoms with E-state index < -0.39 is 0 Å². The third-order valence-electron chi connectivity index (χ3n) is 4.76. The summed E-state index contributed by atoms with van der Waals surface area (Å²) in [7, 11) is 0. The quantitative estimate of drug-likeness (QED) is 0.654. The number of rotatable bonds is 3. The third-order valence-corrected chi connectivity index (χ3v) is 4.76. The van der Waals surface area contributed by atoms with Crippen molar-refractivity contribution < 1.29 is 4.92 Å². The minimum atomic E-state index is -0.322. The molecule has 0 unspecified atom stereocenters. The van der Waals surface area contributed by atoms with E-state index in [0.29, 0.717) is 5.69 Å². The van der Waals surface area contributed by atoms with Crippen LogP contribution in [0.5, 0.6) is 0 Å². The lowest BCUT2D eigenvalue weighted by Gasteiger charge is -2.11. The molecule has 0 aromatic heterocycles. The van der Waals surface area contributed by atoms with Crippen LogP contribution in [0.4, 0.5) is 11.4 Å². The maximum atomic E-state index is 11.1. The van der Waals surface area contributed by atoms with Gasteiger partial charge in [0.05, 0.1) is 4.92 Å². The van der Waals surface area contributed by atoms with Crippen LogP contribution in [0.1, 0.15) is 33.3 Å². The molecule has 0 radical (unpaired) electrons. The molecule has 4 heteroatoms. The van der Waals surface area contributed by atoms with Gasteiger partial charge < -0.3 is 5.32 Å². The van der Waals surface area contributed by atoms with Crippen LogP contribution in [0.15, 0.2) is 18.2 Å². The standard InChI is InChI=1S/C14H20N2O2/c1-9-7-6-8-10(16(17)18)11(9)15-12-13(2,3)14(12,4)5/h6-8,12,15H,1-5H3. The van der Waals surface area contributed by atoms with E-state index in [0.717, 1.165) is 5.56 Å². The molecule has 0 amide bonds. The first-order valence-electron chi connectivity index (χ1n) is 6.20. The number of hydrogen-bond acceptors (Lipinski definition) is 3. The second-order valence-electron chi connectivity index (χ2n) is 6.25. The van der Waals surface area contributed by atoms with E-state index >= 15 is 0 Å². The molecule has 0 aliphatic heterocycles. The summed E-state index contributed by atoms with van der Waals surface area (Å²) in [4.78, 5) is 10.7. The van der Waals surface area contributed by atoms with Crippen LogP contribution >= 0.6 is 0 Å². The second kappa shape index (κ2) is 3.70. The zero-order chi connectivity index (χ0) is 13.7. The van der Waals surface area contributed by atoms with Crippen molar-refractivity contribution in [2.75, 3.05) is 5.32 Å². The van der Waals surface area contributed by atoms with E-state index in [4.69, 9.17) is 0 Å². The van der Waals surface area contributed by atoms with Crippen LogP contribution in [0.2, 0.25) is 0 Å². The van der Waals surface area contributed by atoms with Gasteiger partial charge >= 0.3 is 0 Å². The number of nitrogens with one attached hydrogen (secondary N) is 1. The Balaban J connectivity index is 2.34. The van der Waals surface area contributed by atoms with Gasteiger partial charge in [-0.25, -0.2) is 0 Å². The van der Waals surface area contributed by atoms with Crippen LogP contribution in [0, 0.1) is 27.9 Å². The summed E-state index contributed by atoms with van der Waals surface area (Å²) in [5.74, 6) is 0. The number of nitro groups is 1. The Kier molecular flexibility index (Phi) is 2.65. The van der Waals surface area contributed by atoms with Gasteiger partial charge in [-0.2, -0.15) is 0 Å². The van der Waals surface area contributed by atoms with E-state index in [1.165, 1.54) is 0 Å². The van der Waals surface area contributed by atoms with Crippen molar-refractivity contribution in [2.45, 2.75) is 40.7 Å². The lowest BCUT2D eigenvalue weighted by Crippen LogP contribution is -2.12. The maximum Gasteiger partial charge on any atom is 0.292 e. The van der Waals surface area contributed by atoms with E-state index in [1.807, 2.05) is 13.0 Å². The summed E-state index contributed by atoms with van der Waals surface area (Å²) < 4.78 is 0. The first-order chi connectivity index (χ1) is 8.19. The molecule has 1 aliphatic carbocycles. The second-order valence-corrected chi connectivity index (χ2v) is 6.25. The summed E-state index contributed by atoms with van der Waals surface area (Å²) in [5, 5.41) is 14.4. The SMILES string of the molecule is Cc1cccc([N+](=O)[O-])c1NC1C(C)(C)C1(C)C. The molecule has 1 fully saturated rings. The largest absolute Gasteiger partial charge is 0.375 e. The minimum Gasteiger partial charge on any atom is -0.375 e. The first kappa shape index (κ1) is 12.9. The molecule has 0 saturated heterocycles. The molecule has 0 spiro atoms. The van der Waals surface area contributed by atoms with Crippen molar-refractivity contribution in [3.8, 4) is 0 Å². The summed E-state index contributed by atoms with van der Waals surface area (Å²) >= 11 is 0. The molecule has 18 heavy (non-hydrogen) atoms. The Morgan fingerprint density at radius 3 is 2.22 bits per heavy atom. The van der Waals surface area contributed by atoms with Crippen molar-refractivity contribution in [3.05, 3.63) is 33.9 Å². The van der Waals surface area contributed by atoms with Gasteiger partial charge in [0.2, 0.25) is 0 Å². The van der Waals surface area contributed by atoms with E-state index in [9.17, 15) is 10.1 Å². The summed E-state index contributed by atoms with van der Waals surface area (Å²) in [5.41, 5.74) is 2.05. The topological polar surface area (TPSA) is 55.2 Å². The molecule has 1 saturated carbocycles. The van der Waals surface area contributed by atoms with Crippen LogP contribution in [0.25, 0.3) is 0 Å². The minimum absolute atomic E-state index is 0.156. The summed E-state index contributed by atoms with van der Waals surface area (Å²) in [6.45, 7) is 10.7. The number of hydrogen-bond donors (Lipinski definition) is 1. The lowest BCUT2D eigenvalue weighted by atomic mass is 10.0. The van der Waals surface area contributed by atoms with Crippen molar-refractivity contribution in [3.63, 3.8) is 0 Å². The number of para-hydroxylation sites is 1. The molecular weight excluding hydrogens is 228 g/mol. The van der Waals surface area contributed by atoms with E-state index in [-0.39, 0.29) is 27.5 Å². The van der Waals surface area contributed by atoms with E-state index in [1.54, 1.807) is 12.1 Å². The Labute approximate surface area is 108 Å². The molecule has 1 aromatic carbocycles. The zero-order valence-electron chi connectivity index (χ0n) is 11.6. The monoisotopic (exact) mass is 248 g/mol. The predicted molar refractivity (Wildman–Crippen MR) is 72.8 cm³/mol. The molecule has 4 nitrogen and oxygen atoms in total. The Morgan fingerprint density at radius 2 is 1.78 bits per heavy atom. The molecule has 1 N–H and O–H groups in total. The highest BCUT2D eigenvalue weighted by Gasteiger charge is 2.65. The highest BCUT2D eigenvalue weighted by Crippen LogP contribution is 2.64. The number of nitrogens with zero attached hydrogens (tertiary/aromatic N) is 1. The predicted octanol–water partition coefficient (Wildman–Crippen LogP) is 3.75. The summed E-state index contributed by atoms with van der Waals surface area (Å²) in [6.07, 6.45) is 0. The van der Waals surface area contributed by atoms with Crippen LogP contribution in [0.3, 0.4) is 0 Å². The zero-order valence-corrected chi connectivity index (χ0v) is 11.6. The van der Waals surface area contributed by atoms with Crippen molar-refractivity contribution in [1.29, 1.82) is 0 Å². The number of aryl methyl sites for hydroxylation is 1. The van der Waals surface area contributed by atoms with Crippen LogP contribution in [-0.2, 0) is 0 Å². The van der Waals surface area contributed by atoms with Gasteiger partial charge in [-0.05, 0) is 23.3 Å². The van der Waals surface area contributed by atoms with Gasteiger partial charge in [-0.15, -0.1) is 0 Å². The van der Waals surface area contributed by atoms with Gasteiger partial charge in [0.15, 0.2) is 0 Å². The van der Waals surface area contributed by atoms with Crippen LogP contribution in [-0.4, -0.2) is 11.0 Å². The lowest BCUT2D eigenvalue weighted by molar-refractivity contribution is -0.384. The molecule has 2 rings (SSSR count). The Hall–Kier alpha value is -1.58. The van der Waals surface area contributed by atoms with Crippen molar-refractivity contribution >= 4 is 11.4 Å². The van der Waals surface area contributed by atoms with E-state index in [2.05, 4.69) is 33.0 Å². The number of anilines is 1.